The Morgan fingerprint density at radius 2 is 1.79 bits per heavy atom. The van der Waals surface area contributed by atoms with E-state index >= 15 is 0 Å². The number of methoxy groups -OCH3 is 1. The van der Waals surface area contributed by atoms with Crippen LogP contribution in [0.15, 0.2) is 48.0 Å². The molecule has 0 radical (unpaired) electrons. The van der Waals surface area contributed by atoms with Crippen LogP contribution < -0.4 is 9.47 Å². The zero-order valence-corrected chi connectivity index (χ0v) is 19.5. The van der Waals surface area contributed by atoms with E-state index in [0.29, 0.717) is 23.4 Å². The molecule has 2 aromatic carbocycles. The normalized spacial score (nSPS) is 17.8. The lowest BCUT2D eigenvalue weighted by Gasteiger charge is -2.27. The third kappa shape index (κ3) is 5.12. The van der Waals surface area contributed by atoms with Crippen LogP contribution in [0.1, 0.15) is 31.0 Å². The fourth-order valence-corrected chi connectivity index (χ4v) is 3.75. The molecule has 8 heteroatoms. The lowest BCUT2D eigenvalue weighted by Crippen LogP contribution is -2.35. The summed E-state index contributed by atoms with van der Waals surface area (Å²) in [4.78, 5) is 29.4. The molecule has 2 N–H and O–H groups in total. The van der Waals surface area contributed by atoms with E-state index in [1.807, 2.05) is 32.8 Å². The number of hydrogen-bond donors (Lipinski definition) is 2. The van der Waals surface area contributed by atoms with Crippen molar-refractivity contribution < 1.29 is 29.3 Å². The molecule has 2 aromatic rings. The average Bonchev–Trinajstić information content (AvgIpc) is 3.02. The predicted molar refractivity (Wildman–Crippen MR) is 124 cm³/mol. The molecule has 1 atom stereocenters. The zero-order chi connectivity index (χ0) is 24.3. The molecular weight excluding hydrogens is 424 g/mol. The fourth-order valence-electron chi connectivity index (χ4n) is 3.75. The van der Waals surface area contributed by atoms with Gasteiger partial charge in [-0.15, -0.1) is 0 Å². The number of aliphatic hydroxyl groups excluding tert-OH is 1. The topological polar surface area (TPSA) is 99.5 Å². The third-order valence-corrected chi connectivity index (χ3v) is 5.35. The van der Waals surface area contributed by atoms with Crippen molar-refractivity contribution in [2.45, 2.75) is 26.0 Å². The Morgan fingerprint density at radius 3 is 2.36 bits per heavy atom. The van der Waals surface area contributed by atoms with Crippen LogP contribution in [-0.4, -0.2) is 72.1 Å². The molecule has 8 nitrogen and oxygen atoms in total. The molecule has 1 amide bonds. The van der Waals surface area contributed by atoms with Gasteiger partial charge in [0.1, 0.15) is 11.5 Å². The summed E-state index contributed by atoms with van der Waals surface area (Å²) in [5.74, 6) is -0.934. The summed E-state index contributed by atoms with van der Waals surface area (Å²) < 4.78 is 10.9. The van der Waals surface area contributed by atoms with Crippen molar-refractivity contribution in [3.05, 3.63) is 59.2 Å². The number of likely N-dealkylation sites (tertiary alicyclic amines) is 1. The zero-order valence-electron chi connectivity index (χ0n) is 19.5. The van der Waals surface area contributed by atoms with Crippen molar-refractivity contribution in [2.75, 3.05) is 34.3 Å². The summed E-state index contributed by atoms with van der Waals surface area (Å²) in [6, 6.07) is 10.5. The SMILES string of the molecule is COc1cc([C@H]2/C(=C(\O)c3ccc(OC(C)C)cc3)C(=O)C(=O)N2CCN(C)C)ccc1O. The maximum Gasteiger partial charge on any atom is 0.295 e. The second-order valence-electron chi connectivity index (χ2n) is 8.42. The average molecular weight is 455 g/mol. The van der Waals surface area contributed by atoms with Gasteiger partial charge < -0.3 is 29.5 Å². The number of aliphatic hydroxyl groups is 1. The fraction of sp³-hybridized carbons (Fsp3) is 0.360. The highest BCUT2D eigenvalue weighted by Gasteiger charge is 2.46. The third-order valence-electron chi connectivity index (χ3n) is 5.35. The van der Waals surface area contributed by atoms with Crippen molar-refractivity contribution in [3.63, 3.8) is 0 Å². The van der Waals surface area contributed by atoms with Crippen LogP contribution >= 0.6 is 0 Å². The Bertz CT molecular complexity index is 1060. The Balaban J connectivity index is 2.11. The quantitative estimate of drug-likeness (QED) is 0.359. The predicted octanol–water partition coefficient (Wildman–Crippen LogP) is 3.17. The number of rotatable bonds is 8. The Hall–Kier alpha value is -3.52. The number of ketones is 1. The van der Waals surface area contributed by atoms with E-state index in [9.17, 15) is 19.8 Å². The summed E-state index contributed by atoms with van der Waals surface area (Å²) in [6.45, 7) is 4.63. The summed E-state index contributed by atoms with van der Waals surface area (Å²) >= 11 is 0. The summed E-state index contributed by atoms with van der Waals surface area (Å²) in [6.07, 6.45) is -0.00375. The van der Waals surface area contributed by atoms with Gasteiger partial charge >= 0.3 is 0 Å². The highest BCUT2D eigenvalue weighted by atomic mass is 16.5. The van der Waals surface area contributed by atoms with Crippen molar-refractivity contribution >= 4 is 17.4 Å². The number of nitrogens with zero attached hydrogens (tertiary/aromatic N) is 2. The van der Waals surface area contributed by atoms with Crippen LogP contribution in [0.2, 0.25) is 0 Å². The van der Waals surface area contributed by atoms with E-state index in [0.717, 1.165) is 0 Å². The second kappa shape index (κ2) is 9.95. The van der Waals surface area contributed by atoms with Crippen LogP contribution in [-0.2, 0) is 9.59 Å². The Labute approximate surface area is 193 Å². The van der Waals surface area contributed by atoms with Gasteiger partial charge in [-0.05, 0) is 69.9 Å². The van der Waals surface area contributed by atoms with Gasteiger partial charge in [-0.2, -0.15) is 0 Å². The molecule has 1 heterocycles. The molecule has 0 aliphatic carbocycles. The molecule has 1 fully saturated rings. The smallest absolute Gasteiger partial charge is 0.295 e. The second-order valence-corrected chi connectivity index (χ2v) is 8.42. The highest BCUT2D eigenvalue weighted by molar-refractivity contribution is 6.46. The number of ether oxygens (including phenoxy) is 2. The number of carbonyl (C=O) groups excluding carboxylic acids is 2. The van der Waals surface area contributed by atoms with E-state index < -0.39 is 17.7 Å². The molecule has 1 aliphatic rings. The molecule has 0 bridgehead atoms. The largest absolute Gasteiger partial charge is 0.507 e. The van der Waals surface area contributed by atoms with Crippen molar-refractivity contribution in [2.24, 2.45) is 0 Å². The standard InChI is InChI=1S/C25H30N2O6/c1-15(2)33-18-9-6-16(7-10-18)23(29)21-22(17-8-11-19(28)20(14-17)32-5)27(13-12-26(3)4)25(31)24(21)30/h6-11,14-15,22,28-29H,12-13H2,1-5H3/b23-21+/t22-/m0/s1. The number of phenols is 1. The van der Waals surface area contributed by atoms with Gasteiger partial charge in [-0.3, -0.25) is 9.59 Å². The number of phenolic OH excluding ortho intramolecular Hbond substituents is 1. The van der Waals surface area contributed by atoms with Crippen molar-refractivity contribution in [1.29, 1.82) is 0 Å². The van der Waals surface area contributed by atoms with Gasteiger partial charge in [0.15, 0.2) is 11.5 Å². The molecule has 0 spiro atoms. The summed E-state index contributed by atoms with van der Waals surface area (Å²) in [7, 11) is 5.16. The maximum absolute atomic E-state index is 13.1. The first-order valence-electron chi connectivity index (χ1n) is 10.7. The number of Topliss-reactive ketones (excluding diaryl/α,β-unsaturated/α-hetero) is 1. The van der Waals surface area contributed by atoms with Gasteiger partial charge in [0.2, 0.25) is 0 Å². The van der Waals surface area contributed by atoms with E-state index in [1.165, 1.54) is 18.1 Å². The lowest BCUT2D eigenvalue weighted by atomic mass is 9.95. The van der Waals surface area contributed by atoms with Gasteiger partial charge in [0, 0.05) is 18.7 Å². The monoisotopic (exact) mass is 454 g/mol. The van der Waals surface area contributed by atoms with Gasteiger partial charge in [-0.25, -0.2) is 0 Å². The number of amides is 1. The summed E-state index contributed by atoms with van der Waals surface area (Å²) in [5, 5.41) is 21.2. The van der Waals surface area contributed by atoms with E-state index in [-0.39, 0.29) is 35.5 Å². The number of hydrogen-bond acceptors (Lipinski definition) is 7. The molecule has 176 valence electrons. The minimum atomic E-state index is -0.828. The summed E-state index contributed by atoms with van der Waals surface area (Å²) in [5.41, 5.74) is 0.931. The molecular formula is C25H30N2O6. The van der Waals surface area contributed by atoms with Gasteiger partial charge in [-0.1, -0.05) is 6.07 Å². The van der Waals surface area contributed by atoms with Crippen LogP contribution in [0, 0.1) is 0 Å². The van der Waals surface area contributed by atoms with Gasteiger partial charge in [0.05, 0.1) is 24.8 Å². The molecule has 1 saturated heterocycles. The highest BCUT2D eigenvalue weighted by Crippen LogP contribution is 2.41. The van der Waals surface area contributed by atoms with Crippen molar-refractivity contribution in [1.82, 2.24) is 9.80 Å². The van der Waals surface area contributed by atoms with Gasteiger partial charge in [0.25, 0.3) is 11.7 Å². The number of carbonyl (C=O) groups is 2. The van der Waals surface area contributed by atoms with E-state index in [1.54, 1.807) is 36.4 Å². The van der Waals surface area contributed by atoms with E-state index in [4.69, 9.17) is 9.47 Å². The number of likely N-dealkylation sites (N-methyl/N-ethyl adjacent to an activating group) is 1. The molecule has 33 heavy (non-hydrogen) atoms. The first-order chi connectivity index (χ1) is 15.6. The number of aromatic hydroxyl groups is 1. The Morgan fingerprint density at radius 1 is 1.12 bits per heavy atom. The lowest BCUT2D eigenvalue weighted by molar-refractivity contribution is -0.140. The molecule has 0 saturated carbocycles. The van der Waals surface area contributed by atoms with Crippen LogP contribution in [0.5, 0.6) is 17.2 Å². The Kier molecular flexibility index (Phi) is 7.28. The molecule has 0 unspecified atom stereocenters. The molecule has 3 rings (SSSR count). The van der Waals surface area contributed by atoms with Crippen molar-refractivity contribution in [3.8, 4) is 17.2 Å². The molecule has 0 aromatic heterocycles. The van der Waals surface area contributed by atoms with Crippen LogP contribution in [0.3, 0.4) is 0 Å². The first-order valence-corrected chi connectivity index (χ1v) is 10.7. The number of benzene rings is 2. The minimum Gasteiger partial charge on any atom is -0.507 e. The van der Waals surface area contributed by atoms with Crippen LogP contribution in [0.25, 0.3) is 5.76 Å². The minimum absolute atomic E-state index is 0.00375. The maximum atomic E-state index is 13.1. The molecule has 1 aliphatic heterocycles. The van der Waals surface area contributed by atoms with E-state index in [2.05, 4.69) is 0 Å². The van der Waals surface area contributed by atoms with Crippen LogP contribution in [0.4, 0.5) is 0 Å². The first kappa shape index (κ1) is 24.1.